The van der Waals surface area contributed by atoms with E-state index in [0.29, 0.717) is 16.2 Å². The summed E-state index contributed by atoms with van der Waals surface area (Å²) in [6.07, 6.45) is -3.73. The largest absolute Gasteiger partial charge is 0.465 e. The average Bonchev–Trinajstić information content (AvgIpc) is 2.63. The number of carbonyl (C=O) groups excluding carboxylic acids is 1. The number of thiophene rings is 1. The number of halogens is 3. The molecule has 0 saturated heterocycles. The summed E-state index contributed by atoms with van der Waals surface area (Å²) >= 11 is 0.542. The van der Waals surface area contributed by atoms with Gasteiger partial charge in [-0.15, -0.1) is 11.3 Å². The van der Waals surface area contributed by atoms with Crippen LogP contribution in [0, 0.1) is 0 Å². The van der Waals surface area contributed by atoms with Crippen LogP contribution in [0.4, 0.5) is 23.9 Å². The predicted molar refractivity (Wildman–Crippen MR) is 72.5 cm³/mol. The van der Waals surface area contributed by atoms with Crippen LogP contribution in [-0.2, 0) is 14.6 Å². The molecule has 0 aliphatic rings. The van der Waals surface area contributed by atoms with E-state index in [0.717, 1.165) is 20.4 Å². The Labute approximate surface area is 123 Å². The van der Waals surface area contributed by atoms with Crippen molar-refractivity contribution in [2.24, 2.45) is 0 Å². The Morgan fingerprint density at radius 3 is 2.33 bits per heavy atom. The topological polar surface area (TPSA) is 89.7 Å². The third-order valence-corrected chi connectivity index (χ3v) is 4.97. The molecule has 0 aliphatic carbocycles. The molecule has 21 heavy (non-hydrogen) atoms. The lowest BCUT2D eigenvalue weighted by atomic mass is 10.4. The van der Waals surface area contributed by atoms with Gasteiger partial charge in [0.05, 0.1) is 12.8 Å². The highest BCUT2D eigenvalue weighted by molar-refractivity contribution is 7.91. The maximum Gasteiger partial charge on any atom is 0.405 e. The van der Waals surface area contributed by atoms with Crippen molar-refractivity contribution in [3.8, 4) is 0 Å². The Morgan fingerprint density at radius 1 is 1.43 bits per heavy atom. The van der Waals surface area contributed by atoms with Crippen molar-refractivity contribution in [2.45, 2.75) is 11.1 Å². The molecule has 1 aromatic heterocycles. The van der Waals surface area contributed by atoms with Crippen LogP contribution in [0.2, 0.25) is 0 Å². The van der Waals surface area contributed by atoms with E-state index in [-0.39, 0.29) is 9.88 Å². The number of nitrogens with two attached hydrogens (primary N) is 1. The molecule has 0 atom stereocenters. The van der Waals surface area contributed by atoms with Crippen molar-refractivity contribution in [1.82, 2.24) is 0 Å². The Balaban J connectivity index is 3.47. The molecular formula is C10H13F3N2O4S2. The first-order chi connectivity index (χ1) is 9.38. The number of methoxy groups -OCH3 is 1. The second-order valence-corrected chi connectivity index (χ2v) is 7.17. The Kier molecular flexibility index (Phi) is 4.78. The smallest absolute Gasteiger partial charge is 0.405 e. The number of anilines is 2. The van der Waals surface area contributed by atoms with Crippen molar-refractivity contribution in [2.75, 3.05) is 37.6 Å². The first-order valence-corrected chi connectivity index (χ1v) is 8.07. The fourth-order valence-electron chi connectivity index (χ4n) is 1.61. The molecule has 0 amide bonds. The van der Waals surface area contributed by atoms with Crippen molar-refractivity contribution in [1.29, 1.82) is 0 Å². The van der Waals surface area contributed by atoms with Crippen molar-refractivity contribution in [3.05, 3.63) is 4.88 Å². The lowest BCUT2D eigenvalue weighted by Crippen LogP contribution is -2.31. The number of hydrogen-bond acceptors (Lipinski definition) is 7. The molecule has 0 fully saturated rings. The third-order valence-electron chi connectivity index (χ3n) is 2.39. The van der Waals surface area contributed by atoms with Gasteiger partial charge in [0.1, 0.15) is 21.3 Å². The maximum absolute atomic E-state index is 12.4. The first kappa shape index (κ1) is 17.6. The van der Waals surface area contributed by atoms with E-state index in [4.69, 9.17) is 5.73 Å². The molecule has 2 N–H and O–H groups in total. The highest BCUT2D eigenvalue weighted by atomic mass is 32.2. The van der Waals surface area contributed by atoms with Crippen LogP contribution in [0.25, 0.3) is 0 Å². The summed E-state index contributed by atoms with van der Waals surface area (Å²) in [5.74, 6) is -0.908. The highest BCUT2D eigenvalue weighted by Gasteiger charge is 2.34. The van der Waals surface area contributed by atoms with E-state index in [1.165, 1.54) is 0 Å². The summed E-state index contributed by atoms with van der Waals surface area (Å²) in [4.78, 5) is 11.4. The average molecular weight is 346 g/mol. The minimum Gasteiger partial charge on any atom is -0.465 e. The van der Waals surface area contributed by atoms with Gasteiger partial charge in [0.15, 0.2) is 9.84 Å². The minimum absolute atomic E-state index is 0.248. The molecule has 120 valence electrons. The number of alkyl halides is 3. The zero-order valence-corrected chi connectivity index (χ0v) is 12.9. The summed E-state index contributed by atoms with van der Waals surface area (Å²) in [6, 6.07) is 0. The maximum atomic E-state index is 12.4. The van der Waals surface area contributed by atoms with Crippen molar-refractivity contribution < 1.29 is 31.1 Å². The molecule has 0 spiro atoms. The van der Waals surface area contributed by atoms with E-state index >= 15 is 0 Å². The normalized spacial score (nSPS) is 12.3. The molecule has 11 heteroatoms. The van der Waals surface area contributed by atoms with E-state index in [1.807, 2.05) is 0 Å². The van der Waals surface area contributed by atoms with Crippen LogP contribution < -0.4 is 10.6 Å². The van der Waals surface area contributed by atoms with E-state index in [1.54, 1.807) is 0 Å². The molecule has 6 nitrogen and oxygen atoms in total. The quantitative estimate of drug-likeness (QED) is 0.832. The lowest BCUT2D eigenvalue weighted by molar-refractivity contribution is -0.119. The van der Waals surface area contributed by atoms with Crippen LogP contribution in [0.15, 0.2) is 4.90 Å². The summed E-state index contributed by atoms with van der Waals surface area (Å²) < 4.78 is 65.2. The number of nitrogen functional groups attached to an aromatic ring is 1. The van der Waals surface area contributed by atoms with Gasteiger partial charge >= 0.3 is 12.1 Å². The van der Waals surface area contributed by atoms with E-state index < -0.39 is 39.1 Å². The number of hydrogen-bond donors (Lipinski definition) is 1. The molecular weight excluding hydrogens is 333 g/mol. The molecule has 1 rings (SSSR count). The predicted octanol–water partition coefficient (Wildman–Crippen LogP) is 1.52. The Morgan fingerprint density at radius 2 is 1.95 bits per heavy atom. The molecule has 1 heterocycles. The minimum atomic E-state index is -4.53. The van der Waals surface area contributed by atoms with Crippen molar-refractivity contribution in [3.63, 3.8) is 0 Å². The Hall–Kier alpha value is -1.49. The molecule has 0 aromatic carbocycles. The number of ether oxygens (including phenoxy) is 1. The lowest BCUT2D eigenvalue weighted by Gasteiger charge is -2.20. The van der Waals surface area contributed by atoms with Gasteiger partial charge in [-0.05, 0) is 0 Å². The summed E-state index contributed by atoms with van der Waals surface area (Å²) in [5, 5.41) is -0.257. The monoisotopic (exact) mass is 346 g/mol. The standard InChI is InChI=1S/C10H13F3N2O4S2/c1-15(4-10(11,12)13)8-7(21(3,17)18)5(14)6(20-8)9(16)19-2/h4,14H2,1-3H3. The van der Waals surface area contributed by atoms with Crippen LogP contribution in [-0.4, -0.2) is 47.5 Å². The second kappa shape index (κ2) is 5.72. The van der Waals surface area contributed by atoms with Crippen LogP contribution >= 0.6 is 11.3 Å². The SMILES string of the molecule is COC(=O)c1sc(N(C)CC(F)(F)F)c(S(C)(=O)=O)c1N. The van der Waals surface area contributed by atoms with E-state index in [2.05, 4.69) is 4.74 Å². The number of rotatable bonds is 4. The van der Waals surface area contributed by atoms with Gasteiger partial charge in [0.2, 0.25) is 0 Å². The van der Waals surface area contributed by atoms with Gasteiger partial charge in [-0.2, -0.15) is 13.2 Å². The van der Waals surface area contributed by atoms with Gasteiger partial charge in [-0.1, -0.05) is 0 Å². The van der Waals surface area contributed by atoms with Gasteiger partial charge in [0, 0.05) is 13.3 Å². The summed E-state index contributed by atoms with van der Waals surface area (Å²) in [6.45, 7) is -1.38. The zero-order chi connectivity index (χ0) is 16.6. The molecule has 0 aliphatic heterocycles. The van der Waals surface area contributed by atoms with Gasteiger partial charge in [0.25, 0.3) is 0 Å². The van der Waals surface area contributed by atoms with Crippen LogP contribution in [0.1, 0.15) is 9.67 Å². The summed E-state index contributed by atoms with van der Waals surface area (Å²) in [7, 11) is -1.80. The zero-order valence-electron chi connectivity index (χ0n) is 11.3. The van der Waals surface area contributed by atoms with Gasteiger partial charge in [-0.3, -0.25) is 0 Å². The third kappa shape index (κ3) is 4.00. The number of nitrogens with zero attached hydrogens (tertiary/aromatic N) is 1. The number of carbonyl (C=O) groups is 1. The molecule has 0 saturated carbocycles. The molecule has 0 bridgehead atoms. The molecule has 0 radical (unpaired) electrons. The number of esters is 1. The molecule has 0 unspecified atom stereocenters. The second-order valence-electron chi connectivity index (χ2n) is 4.21. The fourth-order valence-corrected chi connectivity index (χ4v) is 4.22. The summed E-state index contributed by atoms with van der Waals surface area (Å²) in [5.41, 5.74) is 5.19. The van der Waals surface area contributed by atoms with Gasteiger partial charge < -0.3 is 15.4 Å². The first-order valence-electron chi connectivity index (χ1n) is 5.37. The van der Waals surface area contributed by atoms with Crippen LogP contribution in [0.3, 0.4) is 0 Å². The number of sulfone groups is 1. The van der Waals surface area contributed by atoms with Crippen molar-refractivity contribution >= 4 is 37.8 Å². The Bertz CT molecular complexity index is 652. The van der Waals surface area contributed by atoms with Gasteiger partial charge in [-0.25, -0.2) is 13.2 Å². The molecule has 1 aromatic rings. The van der Waals surface area contributed by atoms with E-state index in [9.17, 15) is 26.4 Å². The van der Waals surface area contributed by atoms with Crippen LogP contribution in [0.5, 0.6) is 0 Å². The fraction of sp³-hybridized carbons (Fsp3) is 0.500. The highest BCUT2D eigenvalue weighted by Crippen LogP contribution is 2.42.